The predicted molar refractivity (Wildman–Crippen MR) is 188 cm³/mol. The van der Waals surface area contributed by atoms with E-state index in [9.17, 15) is 23.2 Å². The van der Waals surface area contributed by atoms with E-state index >= 15 is 0 Å². The number of halogens is 3. The van der Waals surface area contributed by atoms with Crippen LogP contribution in [0, 0.1) is 23.7 Å². The number of fused-ring (bicyclic) bond motifs is 2. The number of amides is 1. The molecule has 8 rings (SSSR count). The maximum Gasteiger partial charge on any atom is 0.408 e. The molecule has 1 saturated heterocycles. The van der Waals surface area contributed by atoms with Gasteiger partial charge in [0.15, 0.2) is 0 Å². The van der Waals surface area contributed by atoms with Crippen LogP contribution in [-0.4, -0.2) is 69.0 Å². The lowest BCUT2D eigenvalue weighted by molar-refractivity contribution is -0.160. The second-order valence-corrected chi connectivity index (χ2v) is 16.6. The number of alkyl halides is 3. The van der Waals surface area contributed by atoms with E-state index in [0.29, 0.717) is 27.7 Å². The lowest BCUT2D eigenvalue weighted by Gasteiger charge is -2.70. The van der Waals surface area contributed by atoms with Gasteiger partial charge in [0.25, 0.3) is 0 Å². The third-order valence-electron chi connectivity index (χ3n) is 10.3. The number of aromatic nitrogens is 3. The topological polar surface area (TPSA) is 120 Å². The Morgan fingerprint density at radius 2 is 1.84 bits per heavy atom. The van der Waals surface area contributed by atoms with Gasteiger partial charge in [-0.1, -0.05) is 6.07 Å². The second-order valence-electron chi connectivity index (χ2n) is 15.5. The van der Waals surface area contributed by atoms with Crippen LogP contribution in [0.3, 0.4) is 0 Å². The van der Waals surface area contributed by atoms with Gasteiger partial charge in [-0.25, -0.2) is 9.78 Å². The SMILES string of the molecule is CNc1nc(NC2CCN(Cc3ccc4c(cc(C#N)n4CC45CC(NC(=O)OC(C)(C)C)(C4)C5)c3C)CC2)c2cc(CC(F)(F)F)sc2n1. The molecule has 266 valence electrons. The quantitative estimate of drug-likeness (QED) is 0.164. The van der Waals surface area contributed by atoms with Gasteiger partial charge < -0.3 is 25.3 Å². The van der Waals surface area contributed by atoms with Crippen molar-refractivity contribution in [1.82, 2.24) is 24.8 Å². The minimum Gasteiger partial charge on any atom is -0.444 e. The summed E-state index contributed by atoms with van der Waals surface area (Å²) in [6, 6.07) is 10.4. The highest BCUT2D eigenvalue weighted by Crippen LogP contribution is 2.68. The molecule has 14 heteroatoms. The number of benzene rings is 1. The number of hydrogen-bond donors (Lipinski definition) is 3. The summed E-state index contributed by atoms with van der Waals surface area (Å²) < 4.78 is 46.9. The average Bonchev–Trinajstić information content (AvgIpc) is 3.56. The molecule has 1 amide bonds. The van der Waals surface area contributed by atoms with Gasteiger partial charge in [-0.3, -0.25) is 4.90 Å². The molecule has 1 aliphatic heterocycles. The molecule has 0 spiro atoms. The number of thiophene rings is 1. The highest BCUT2D eigenvalue weighted by molar-refractivity contribution is 7.18. The van der Waals surface area contributed by atoms with Gasteiger partial charge in [0, 0.05) is 60.6 Å². The number of rotatable bonds is 9. The first-order chi connectivity index (χ1) is 23.6. The summed E-state index contributed by atoms with van der Waals surface area (Å²) in [5.41, 5.74) is 3.47. The van der Waals surface area contributed by atoms with Crippen LogP contribution in [0.2, 0.25) is 0 Å². The Morgan fingerprint density at radius 3 is 2.48 bits per heavy atom. The Bertz CT molecular complexity index is 1980. The minimum atomic E-state index is -4.28. The summed E-state index contributed by atoms with van der Waals surface area (Å²) in [7, 11) is 1.70. The molecule has 50 heavy (non-hydrogen) atoms. The van der Waals surface area contributed by atoms with E-state index in [1.54, 1.807) is 13.1 Å². The van der Waals surface area contributed by atoms with Crippen LogP contribution in [0.4, 0.5) is 29.7 Å². The molecule has 10 nitrogen and oxygen atoms in total. The fourth-order valence-electron chi connectivity index (χ4n) is 8.26. The standard InChI is InChI=1S/C36H43F3N8O2S/c1-21-22(6-7-28-26(21)12-24(15-40)47(28)20-34-17-35(18-34,19-34)45-32(48)49-33(2,3)4)16-46-10-8-23(9-11-46)42-29-27-13-25(14-36(37,38)39)50-30(27)44-31(41-5)43-29/h6-7,12-13,23H,8-11,14,16-20H2,1-5H3,(H,45,48)(H2,41,42,43,44). The summed E-state index contributed by atoms with van der Waals surface area (Å²) >= 11 is 1.05. The maximum atomic E-state index is 13.1. The van der Waals surface area contributed by atoms with Crippen LogP contribution in [-0.2, 0) is 24.2 Å². The monoisotopic (exact) mass is 708 g/mol. The van der Waals surface area contributed by atoms with Crippen LogP contribution in [0.25, 0.3) is 21.1 Å². The van der Waals surface area contributed by atoms with E-state index in [0.717, 1.165) is 80.5 Å². The molecule has 0 unspecified atom stereocenters. The van der Waals surface area contributed by atoms with Crippen molar-refractivity contribution in [1.29, 1.82) is 5.26 Å². The van der Waals surface area contributed by atoms with Crippen molar-refractivity contribution in [3.8, 4) is 6.07 Å². The maximum absolute atomic E-state index is 13.1. The van der Waals surface area contributed by atoms with Crippen molar-refractivity contribution >= 4 is 50.3 Å². The highest BCUT2D eigenvalue weighted by Gasteiger charge is 2.68. The first-order valence-corrected chi connectivity index (χ1v) is 17.9. The van der Waals surface area contributed by atoms with Gasteiger partial charge in [0.2, 0.25) is 5.95 Å². The molecule has 4 aromatic rings. The van der Waals surface area contributed by atoms with E-state index in [-0.39, 0.29) is 28.0 Å². The van der Waals surface area contributed by atoms with Crippen molar-refractivity contribution < 1.29 is 22.7 Å². The molecule has 3 saturated carbocycles. The number of hydrogen-bond acceptors (Lipinski definition) is 9. The smallest absolute Gasteiger partial charge is 0.408 e. The average molecular weight is 709 g/mol. The van der Waals surface area contributed by atoms with Gasteiger partial charge >= 0.3 is 12.3 Å². The van der Waals surface area contributed by atoms with Crippen LogP contribution in [0.1, 0.15) is 74.6 Å². The van der Waals surface area contributed by atoms with Gasteiger partial charge in [0.05, 0.1) is 11.8 Å². The lowest BCUT2D eigenvalue weighted by atomic mass is 9.39. The third-order valence-corrected chi connectivity index (χ3v) is 11.4. The van der Waals surface area contributed by atoms with Crippen LogP contribution in [0.15, 0.2) is 24.3 Å². The Labute approximate surface area is 293 Å². The fraction of sp³-hybridized carbons (Fsp3) is 0.556. The number of anilines is 2. The van der Waals surface area contributed by atoms with Gasteiger partial charge in [-0.15, -0.1) is 11.3 Å². The van der Waals surface area contributed by atoms with E-state index < -0.39 is 18.2 Å². The normalized spacial score (nSPS) is 22.5. The number of aryl methyl sites for hydroxylation is 1. The van der Waals surface area contributed by atoms with E-state index in [1.165, 1.54) is 11.1 Å². The summed E-state index contributed by atoms with van der Waals surface area (Å²) in [5, 5.41) is 21.3. The summed E-state index contributed by atoms with van der Waals surface area (Å²) in [6.07, 6.45) is -1.25. The zero-order valence-electron chi connectivity index (χ0n) is 29.1. The molecule has 2 bridgehead atoms. The fourth-order valence-corrected chi connectivity index (χ4v) is 9.32. The van der Waals surface area contributed by atoms with Gasteiger partial charge in [-0.2, -0.15) is 23.4 Å². The molecule has 1 aromatic carbocycles. The van der Waals surface area contributed by atoms with Crippen molar-refractivity contribution in [3.05, 3.63) is 46.0 Å². The van der Waals surface area contributed by atoms with E-state index in [1.807, 2.05) is 26.8 Å². The Hall–Kier alpha value is -4.09. The number of likely N-dealkylation sites (tertiary alicyclic amines) is 1. The molecule has 4 aliphatic rings. The first-order valence-electron chi connectivity index (χ1n) is 17.1. The van der Waals surface area contributed by atoms with Crippen molar-refractivity contribution in [2.45, 2.75) is 103 Å². The minimum absolute atomic E-state index is 0.0818. The van der Waals surface area contributed by atoms with E-state index in [2.05, 4.69) is 60.5 Å². The van der Waals surface area contributed by atoms with E-state index in [4.69, 9.17) is 4.74 Å². The summed E-state index contributed by atoms with van der Waals surface area (Å²) in [4.78, 5) is 24.5. The molecule has 3 N–H and O–H groups in total. The number of alkyl carbamates (subject to hydrolysis) is 1. The molecular formula is C36H43F3N8O2S. The number of nitrogens with one attached hydrogen (secondary N) is 3. The number of ether oxygens (including phenoxy) is 1. The zero-order chi connectivity index (χ0) is 35.6. The second kappa shape index (κ2) is 12.3. The zero-order valence-corrected chi connectivity index (χ0v) is 29.9. The molecule has 3 aromatic heterocycles. The molecule has 3 aliphatic carbocycles. The Balaban J connectivity index is 0.983. The number of piperidine rings is 1. The van der Waals surface area contributed by atoms with Crippen LogP contribution in [0.5, 0.6) is 0 Å². The predicted octanol–water partition coefficient (Wildman–Crippen LogP) is 7.50. The highest BCUT2D eigenvalue weighted by atomic mass is 32.1. The van der Waals surface area contributed by atoms with Gasteiger partial charge in [0.1, 0.15) is 28.0 Å². The number of nitriles is 1. The van der Waals surface area contributed by atoms with Crippen LogP contribution < -0.4 is 16.0 Å². The molecule has 4 heterocycles. The largest absolute Gasteiger partial charge is 0.444 e. The van der Waals surface area contributed by atoms with Crippen molar-refractivity contribution in [2.24, 2.45) is 5.41 Å². The molecule has 0 atom stereocenters. The molecule has 0 radical (unpaired) electrons. The first kappa shape index (κ1) is 34.4. The van der Waals surface area contributed by atoms with Gasteiger partial charge in [-0.05, 0) is 94.5 Å². The Kier molecular flexibility index (Phi) is 8.45. The number of nitrogens with zero attached hydrogens (tertiary/aromatic N) is 5. The van der Waals surface area contributed by atoms with Crippen molar-refractivity contribution in [3.63, 3.8) is 0 Å². The summed E-state index contributed by atoms with van der Waals surface area (Å²) in [5.74, 6) is 0.940. The molecular weight excluding hydrogens is 666 g/mol. The molecule has 4 fully saturated rings. The van der Waals surface area contributed by atoms with Crippen molar-refractivity contribution in [2.75, 3.05) is 30.8 Å². The summed E-state index contributed by atoms with van der Waals surface area (Å²) in [6.45, 7) is 11.0. The Morgan fingerprint density at radius 1 is 1.12 bits per heavy atom. The lowest BCUT2D eigenvalue weighted by Crippen LogP contribution is -2.75. The number of carbonyl (C=O) groups excluding carboxylic acids is 1. The number of carbonyl (C=O) groups is 1. The van der Waals surface area contributed by atoms with Crippen LogP contribution >= 0.6 is 11.3 Å². The third kappa shape index (κ3) is 6.82.